The molecule has 6 N–H and O–H groups in total. The van der Waals surface area contributed by atoms with Crippen molar-refractivity contribution in [3.8, 4) is 17.2 Å². The molecule has 21 heavy (non-hydrogen) atoms. The second-order valence-electron chi connectivity index (χ2n) is 4.16. The summed E-state index contributed by atoms with van der Waals surface area (Å²) in [5.41, 5.74) is -0.288. The summed E-state index contributed by atoms with van der Waals surface area (Å²) in [7, 11) is 0. The van der Waals surface area contributed by atoms with Gasteiger partial charge in [-0.15, -0.1) is 0 Å². The van der Waals surface area contributed by atoms with Crippen LogP contribution in [0.25, 0.3) is 0 Å². The number of carbonyl (C=O) groups is 3. The third-order valence-electron chi connectivity index (χ3n) is 2.58. The van der Waals surface area contributed by atoms with Crippen molar-refractivity contribution in [3.63, 3.8) is 0 Å². The van der Waals surface area contributed by atoms with E-state index in [0.717, 1.165) is 12.1 Å². The molecular weight excluding hydrogens is 286 g/mol. The Hall–Kier alpha value is -2.97. The third-order valence-corrected chi connectivity index (χ3v) is 2.58. The molecule has 0 bridgehead atoms. The van der Waals surface area contributed by atoms with Crippen LogP contribution in [0.15, 0.2) is 12.1 Å². The molecule has 1 rings (SSSR count). The lowest BCUT2D eigenvalue weighted by Crippen LogP contribution is -2.41. The number of nitrogens with one attached hydrogen (secondary N) is 1. The zero-order valence-electron chi connectivity index (χ0n) is 10.6. The molecule has 1 aromatic carbocycles. The van der Waals surface area contributed by atoms with Gasteiger partial charge in [0.15, 0.2) is 17.2 Å². The molecule has 9 nitrogen and oxygen atoms in total. The smallest absolute Gasteiger partial charge is 0.326 e. The molecule has 0 saturated carbocycles. The van der Waals surface area contributed by atoms with Gasteiger partial charge < -0.3 is 30.8 Å². The number of carboxylic acid groups (broad SMARTS) is 2. The van der Waals surface area contributed by atoms with Gasteiger partial charge in [-0.3, -0.25) is 9.59 Å². The summed E-state index contributed by atoms with van der Waals surface area (Å²) in [6.07, 6.45) is -0.782. The van der Waals surface area contributed by atoms with E-state index in [9.17, 15) is 24.6 Å². The van der Waals surface area contributed by atoms with E-state index in [-0.39, 0.29) is 12.0 Å². The first-order chi connectivity index (χ1) is 9.72. The molecule has 0 aliphatic heterocycles. The second kappa shape index (κ2) is 6.46. The molecule has 0 fully saturated rings. The summed E-state index contributed by atoms with van der Waals surface area (Å²) >= 11 is 0. The van der Waals surface area contributed by atoms with Gasteiger partial charge in [0.1, 0.15) is 6.04 Å². The number of amides is 1. The Kier molecular flexibility index (Phi) is 4.95. The molecule has 0 aliphatic carbocycles. The number of hydrogen-bond acceptors (Lipinski definition) is 6. The van der Waals surface area contributed by atoms with Crippen LogP contribution < -0.4 is 5.32 Å². The molecule has 1 aromatic rings. The number of hydrogen-bond donors (Lipinski definition) is 6. The Balaban J connectivity index is 2.87. The van der Waals surface area contributed by atoms with E-state index < -0.39 is 47.6 Å². The van der Waals surface area contributed by atoms with Crippen molar-refractivity contribution in [2.24, 2.45) is 0 Å². The number of aromatic hydroxyl groups is 3. The molecular formula is C12H13NO8. The number of carboxylic acids is 2. The van der Waals surface area contributed by atoms with Crippen LogP contribution in [0, 0.1) is 0 Å². The van der Waals surface area contributed by atoms with Crippen LogP contribution in [-0.2, 0) is 9.59 Å². The Labute approximate surface area is 118 Å². The predicted octanol–water partition coefficient (Wildman–Crippen LogP) is -0.149. The zero-order chi connectivity index (χ0) is 16.2. The van der Waals surface area contributed by atoms with E-state index in [2.05, 4.69) is 5.32 Å². The highest BCUT2D eigenvalue weighted by atomic mass is 16.4. The summed E-state index contributed by atoms with van der Waals surface area (Å²) in [5, 5.41) is 47.1. The van der Waals surface area contributed by atoms with Crippen molar-refractivity contribution >= 4 is 17.8 Å². The number of phenols is 3. The number of phenolic OH excluding ortho intramolecular Hbond substituents is 3. The predicted molar refractivity (Wildman–Crippen MR) is 67.2 cm³/mol. The SMILES string of the molecule is O=C(O)CCC(NC(=O)c1cc(O)c(O)c(O)c1)C(=O)O. The lowest BCUT2D eigenvalue weighted by atomic mass is 10.1. The van der Waals surface area contributed by atoms with Crippen LogP contribution in [0.2, 0.25) is 0 Å². The highest BCUT2D eigenvalue weighted by Crippen LogP contribution is 2.35. The van der Waals surface area contributed by atoms with Crippen molar-refractivity contribution in [1.82, 2.24) is 5.32 Å². The van der Waals surface area contributed by atoms with Gasteiger partial charge in [0.25, 0.3) is 5.91 Å². The minimum absolute atomic E-state index is 0.288. The van der Waals surface area contributed by atoms with Gasteiger partial charge in [-0.1, -0.05) is 0 Å². The number of benzene rings is 1. The first-order valence-electron chi connectivity index (χ1n) is 5.72. The van der Waals surface area contributed by atoms with E-state index >= 15 is 0 Å². The lowest BCUT2D eigenvalue weighted by molar-refractivity contribution is -0.140. The first-order valence-corrected chi connectivity index (χ1v) is 5.72. The monoisotopic (exact) mass is 299 g/mol. The Bertz CT molecular complexity index is 560. The molecule has 0 aliphatic rings. The first kappa shape index (κ1) is 16.1. The van der Waals surface area contributed by atoms with Crippen LogP contribution in [0.5, 0.6) is 17.2 Å². The maximum absolute atomic E-state index is 11.8. The maximum Gasteiger partial charge on any atom is 0.326 e. The van der Waals surface area contributed by atoms with Crippen LogP contribution in [0.3, 0.4) is 0 Å². The average molecular weight is 299 g/mol. The van der Waals surface area contributed by atoms with Crippen molar-refractivity contribution in [3.05, 3.63) is 17.7 Å². The quantitative estimate of drug-likeness (QED) is 0.395. The van der Waals surface area contributed by atoms with Crippen LogP contribution >= 0.6 is 0 Å². The largest absolute Gasteiger partial charge is 0.504 e. The van der Waals surface area contributed by atoms with E-state index in [4.69, 9.17) is 15.3 Å². The Morgan fingerprint density at radius 1 is 1.05 bits per heavy atom. The van der Waals surface area contributed by atoms with Gasteiger partial charge in [0.2, 0.25) is 0 Å². The molecule has 1 atom stereocenters. The molecule has 114 valence electrons. The van der Waals surface area contributed by atoms with E-state index in [0.29, 0.717) is 0 Å². The fraction of sp³-hybridized carbons (Fsp3) is 0.250. The number of rotatable bonds is 6. The van der Waals surface area contributed by atoms with Gasteiger partial charge in [-0.2, -0.15) is 0 Å². The molecule has 0 radical (unpaired) electrons. The molecule has 0 aromatic heterocycles. The molecule has 9 heteroatoms. The number of carbonyl (C=O) groups excluding carboxylic acids is 1. The van der Waals surface area contributed by atoms with Gasteiger partial charge in [0, 0.05) is 12.0 Å². The van der Waals surface area contributed by atoms with Crippen molar-refractivity contribution in [1.29, 1.82) is 0 Å². The molecule has 0 saturated heterocycles. The Morgan fingerprint density at radius 2 is 1.57 bits per heavy atom. The van der Waals surface area contributed by atoms with Crippen molar-refractivity contribution in [2.75, 3.05) is 0 Å². The van der Waals surface area contributed by atoms with Crippen LogP contribution in [0.4, 0.5) is 0 Å². The third kappa shape index (κ3) is 4.27. The molecule has 1 amide bonds. The highest BCUT2D eigenvalue weighted by molar-refractivity contribution is 5.97. The molecule has 1 unspecified atom stereocenters. The van der Waals surface area contributed by atoms with Gasteiger partial charge in [-0.25, -0.2) is 4.79 Å². The zero-order valence-corrected chi connectivity index (χ0v) is 10.6. The lowest BCUT2D eigenvalue weighted by Gasteiger charge is -2.14. The summed E-state index contributed by atoms with van der Waals surface area (Å²) in [4.78, 5) is 33.1. The number of aliphatic carboxylic acids is 2. The summed E-state index contributed by atoms with van der Waals surface area (Å²) in [6, 6.07) is 0.229. The fourth-order valence-corrected chi connectivity index (χ4v) is 1.50. The standard InChI is InChI=1S/C12H13NO8/c14-7-3-5(4-8(15)10(7)18)11(19)13-6(12(20)21)1-2-9(16)17/h3-4,6,14-15,18H,1-2H2,(H,13,19)(H,16,17)(H,20,21). The molecule has 0 heterocycles. The van der Waals surface area contributed by atoms with Crippen molar-refractivity contribution in [2.45, 2.75) is 18.9 Å². The molecule has 0 spiro atoms. The minimum atomic E-state index is -1.44. The van der Waals surface area contributed by atoms with Crippen LogP contribution in [-0.4, -0.2) is 49.4 Å². The van der Waals surface area contributed by atoms with Gasteiger partial charge >= 0.3 is 11.9 Å². The summed E-state index contributed by atoms with van der Waals surface area (Å²) in [6.45, 7) is 0. The topological polar surface area (TPSA) is 164 Å². The minimum Gasteiger partial charge on any atom is -0.504 e. The summed E-state index contributed by atoms with van der Waals surface area (Å²) < 4.78 is 0. The average Bonchev–Trinajstić information content (AvgIpc) is 2.39. The maximum atomic E-state index is 11.8. The summed E-state index contributed by atoms with van der Waals surface area (Å²) in [5.74, 6) is -5.90. The highest BCUT2D eigenvalue weighted by Gasteiger charge is 2.22. The van der Waals surface area contributed by atoms with E-state index in [1.807, 2.05) is 0 Å². The van der Waals surface area contributed by atoms with Gasteiger partial charge in [0.05, 0.1) is 0 Å². The normalized spacial score (nSPS) is 11.6. The van der Waals surface area contributed by atoms with E-state index in [1.165, 1.54) is 0 Å². The van der Waals surface area contributed by atoms with E-state index in [1.54, 1.807) is 0 Å². The van der Waals surface area contributed by atoms with Crippen LogP contribution in [0.1, 0.15) is 23.2 Å². The van der Waals surface area contributed by atoms with Gasteiger partial charge in [-0.05, 0) is 18.6 Å². The second-order valence-corrected chi connectivity index (χ2v) is 4.16. The fourth-order valence-electron chi connectivity index (χ4n) is 1.50. The van der Waals surface area contributed by atoms with Crippen molar-refractivity contribution < 1.29 is 39.9 Å². The Morgan fingerprint density at radius 3 is 2.00 bits per heavy atom.